The van der Waals surface area contributed by atoms with E-state index in [1.54, 1.807) is 31.2 Å². The lowest BCUT2D eigenvalue weighted by atomic mass is 10.1. The molecule has 3 rings (SSSR count). The highest BCUT2D eigenvalue weighted by Crippen LogP contribution is 2.18. The number of rotatable bonds is 6. The summed E-state index contributed by atoms with van der Waals surface area (Å²) >= 11 is 0. The van der Waals surface area contributed by atoms with Gasteiger partial charge in [-0.2, -0.15) is 5.10 Å². The van der Waals surface area contributed by atoms with E-state index in [-0.39, 0.29) is 24.3 Å². The fourth-order valence-electron chi connectivity index (χ4n) is 3.17. The minimum Gasteiger partial charge on any atom is -0.468 e. The molecule has 7 heteroatoms. The Labute approximate surface area is 168 Å². The van der Waals surface area contributed by atoms with Crippen molar-refractivity contribution in [3.63, 3.8) is 0 Å². The summed E-state index contributed by atoms with van der Waals surface area (Å²) in [5.74, 6) is -0.961. The molecule has 0 radical (unpaired) electrons. The van der Waals surface area contributed by atoms with Gasteiger partial charge in [0.15, 0.2) is 5.69 Å². The molecular weight excluding hydrogens is 370 g/mol. The Morgan fingerprint density at radius 1 is 1.07 bits per heavy atom. The average Bonchev–Trinajstić information content (AvgIpc) is 2.74. The third-order valence-electron chi connectivity index (χ3n) is 4.83. The topological polar surface area (TPSA) is 81.5 Å². The van der Waals surface area contributed by atoms with Crippen LogP contribution in [0.5, 0.6) is 0 Å². The third-order valence-corrected chi connectivity index (χ3v) is 4.83. The monoisotopic (exact) mass is 393 g/mol. The number of carbonyl (C=O) groups excluding carboxylic acids is 2. The number of benzene rings is 2. The number of fused-ring (bicyclic) bond motifs is 1. The Morgan fingerprint density at radius 3 is 2.38 bits per heavy atom. The van der Waals surface area contributed by atoms with Crippen LogP contribution < -0.4 is 5.56 Å². The second-order valence-corrected chi connectivity index (χ2v) is 6.68. The number of methoxy groups -OCH3 is 1. The molecule has 0 unspecified atom stereocenters. The van der Waals surface area contributed by atoms with Crippen molar-refractivity contribution in [1.29, 1.82) is 0 Å². The van der Waals surface area contributed by atoms with Crippen LogP contribution in [0.4, 0.5) is 0 Å². The first-order chi connectivity index (χ1) is 14.0. The molecule has 1 heterocycles. The summed E-state index contributed by atoms with van der Waals surface area (Å²) in [6.45, 7) is 4.07. The highest BCUT2D eigenvalue weighted by molar-refractivity contribution is 6.05. The van der Waals surface area contributed by atoms with Gasteiger partial charge in [-0.1, -0.05) is 42.5 Å². The van der Waals surface area contributed by atoms with Gasteiger partial charge in [0, 0.05) is 18.5 Å². The highest BCUT2D eigenvalue weighted by atomic mass is 16.5. The number of nitrogens with zero attached hydrogens (tertiary/aromatic N) is 3. The summed E-state index contributed by atoms with van der Waals surface area (Å²) in [5, 5.41) is 5.18. The maximum absolute atomic E-state index is 13.4. The zero-order chi connectivity index (χ0) is 21.0. The Morgan fingerprint density at radius 2 is 1.72 bits per heavy atom. The van der Waals surface area contributed by atoms with Gasteiger partial charge in [0.05, 0.1) is 12.5 Å². The van der Waals surface area contributed by atoms with E-state index in [9.17, 15) is 14.4 Å². The molecule has 0 bridgehead atoms. The minimum atomic E-state index is -0.528. The van der Waals surface area contributed by atoms with Gasteiger partial charge in [0.2, 0.25) is 0 Å². The van der Waals surface area contributed by atoms with Crippen molar-refractivity contribution >= 4 is 22.6 Å². The average molecular weight is 393 g/mol. The van der Waals surface area contributed by atoms with E-state index in [1.807, 2.05) is 31.2 Å². The molecule has 0 atom stereocenters. The number of hydrogen-bond acceptors (Lipinski definition) is 5. The summed E-state index contributed by atoms with van der Waals surface area (Å²) in [5.41, 5.74) is 1.81. The zero-order valence-electron chi connectivity index (χ0n) is 16.7. The summed E-state index contributed by atoms with van der Waals surface area (Å²) in [6.07, 6.45) is 0. The molecule has 3 aromatic rings. The first-order valence-electron chi connectivity index (χ1n) is 9.36. The molecular formula is C22H23N3O4. The van der Waals surface area contributed by atoms with Gasteiger partial charge >= 0.3 is 5.97 Å². The third kappa shape index (κ3) is 4.18. The van der Waals surface area contributed by atoms with Crippen molar-refractivity contribution in [2.24, 2.45) is 0 Å². The van der Waals surface area contributed by atoms with Gasteiger partial charge in [0.1, 0.15) is 6.54 Å². The predicted molar refractivity (Wildman–Crippen MR) is 110 cm³/mol. The standard InChI is InChI=1S/C22H23N3O4/c1-4-25-21(27)18-12-8-7-11-17(18)20(23-25)22(28)24(14-19(26)29-3)13-16-10-6-5-9-15(16)2/h5-12H,4,13-14H2,1-3H3. The van der Waals surface area contributed by atoms with Crippen LogP contribution in [0, 0.1) is 6.92 Å². The zero-order valence-corrected chi connectivity index (χ0v) is 16.7. The molecule has 0 fully saturated rings. The molecule has 0 saturated carbocycles. The Kier molecular flexibility index (Phi) is 6.07. The summed E-state index contributed by atoms with van der Waals surface area (Å²) in [7, 11) is 1.28. The normalized spacial score (nSPS) is 10.7. The first kappa shape index (κ1) is 20.3. The predicted octanol–water partition coefficient (Wildman–Crippen LogP) is 2.54. The highest BCUT2D eigenvalue weighted by Gasteiger charge is 2.24. The van der Waals surface area contributed by atoms with Crippen molar-refractivity contribution in [1.82, 2.24) is 14.7 Å². The molecule has 1 aromatic heterocycles. The molecule has 0 aliphatic carbocycles. The molecule has 0 aliphatic heterocycles. The lowest BCUT2D eigenvalue weighted by Crippen LogP contribution is -2.38. The second-order valence-electron chi connectivity index (χ2n) is 6.68. The molecule has 29 heavy (non-hydrogen) atoms. The molecule has 0 saturated heterocycles. The van der Waals surface area contributed by atoms with E-state index < -0.39 is 11.9 Å². The van der Waals surface area contributed by atoms with E-state index in [0.29, 0.717) is 17.3 Å². The van der Waals surface area contributed by atoms with Gasteiger partial charge in [0.25, 0.3) is 11.5 Å². The van der Waals surface area contributed by atoms with Gasteiger partial charge in [-0.3, -0.25) is 14.4 Å². The van der Waals surface area contributed by atoms with E-state index in [0.717, 1.165) is 11.1 Å². The summed E-state index contributed by atoms with van der Waals surface area (Å²) in [4.78, 5) is 39.4. The van der Waals surface area contributed by atoms with Crippen LogP contribution in [0.25, 0.3) is 10.8 Å². The minimum absolute atomic E-state index is 0.138. The van der Waals surface area contributed by atoms with Crippen molar-refractivity contribution in [3.05, 3.63) is 75.7 Å². The van der Waals surface area contributed by atoms with Crippen LogP contribution in [0.2, 0.25) is 0 Å². The smallest absolute Gasteiger partial charge is 0.325 e. The lowest BCUT2D eigenvalue weighted by molar-refractivity contribution is -0.141. The molecule has 0 aliphatic rings. The van der Waals surface area contributed by atoms with E-state index >= 15 is 0 Å². The molecule has 0 N–H and O–H groups in total. The van der Waals surface area contributed by atoms with Gasteiger partial charge in [-0.15, -0.1) is 0 Å². The van der Waals surface area contributed by atoms with Crippen LogP contribution in [0.3, 0.4) is 0 Å². The summed E-state index contributed by atoms with van der Waals surface area (Å²) in [6, 6.07) is 14.5. The number of carbonyl (C=O) groups is 2. The van der Waals surface area contributed by atoms with Crippen LogP contribution in [-0.4, -0.2) is 40.2 Å². The molecule has 2 aromatic carbocycles. The maximum atomic E-state index is 13.4. The van der Waals surface area contributed by atoms with Gasteiger partial charge in [-0.25, -0.2) is 4.68 Å². The van der Waals surface area contributed by atoms with Crippen LogP contribution in [-0.2, 0) is 22.6 Å². The maximum Gasteiger partial charge on any atom is 0.325 e. The van der Waals surface area contributed by atoms with E-state index in [1.165, 1.54) is 16.7 Å². The van der Waals surface area contributed by atoms with Crippen molar-refractivity contribution in [3.8, 4) is 0 Å². The number of aryl methyl sites for hydroxylation is 2. The summed E-state index contributed by atoms with van der Waals surface area (Å²) < 4.78 is 6.04. The van der Waals surface area contributed by atoms with Gasteiger partial charge < -0.3 is 9.64 Å². The van der Waals surface area contributed by atoms with E-state index in [2.05, 4.69) is 5.10 Å². The number of aromatic nitrogens is 2. The number of amides is 1. The Hall–Kier alpha value is -3.48. The number of hydrogen-bond donors (Lipinski definition) is 0. The number of esters is 1. The number of ether oxygens (including phenoxy) is 1. The van der Waals surface area contributed by atoms with Crippen molar-refractivity contribution < 1.29 is 14.3 Å². The van der Waals surface area contributed by atoms with Gasteiger partial charge in [-0.05, 0) is 31.0 Å². The molecule has 150 valence electrons. The van der Waals surface area contributed by atoms with Crippen molar-refractivity contribution in [2.75, 3.05) is 13.7 Å². The fourth-order valence-corrected chi connectivity index (χ4v) is 3.17. The van der Waals surface area contributed by atoms with Crippen LogP contribution in [0.15, 0.2) is 53.3 Å². The molecule has 7 nitrogen and oxygen atoms in total. The van der Waals surface area contributed by atoms with Crippen LogP contribution in [0.1, 0.15) is 28.5 Å². The SMILES string of the molecule is CCn1nc(C(=O)N(CC(=O)OC)Cc2ccccc2C)c2ccccc2c1=O. The van der Waals surface area contributed by atoms with Crippen LogP contribution >= 0.6 is 0 Å². The van der Waals surface area contributed by atoms with Crippen molar-refractivity contribution in [2.45, 2.75) is 26.9 Å². The Balaban J connectivity index is 2.10. The molecule has 1 amide bonds. The van der Waals surface area contributed by atoms with E-state index in [4.69, 9.17) is 4.74 Å². The largest absolute Gasteiger partial charge is 0.468 e. The molecule has 0 spiro atoms. The quantitative estimate of drug-likeness (QED) is 0.601. The first-order valence-corrected chi connectivity index (χ1v) is 9.36. The fraction of sp³-hybridized carbons (Fsp3) is 0.273. The lowest BCUT2D eigenvalue weighted by Gasteiger charge is -2.23. The second kappa shape index (κ2) is 8.68. The Bertz CT molecular complexity index is 1120.